The zero-order chi connectivity index (χ0) is 12.3. The summed E-state index contributed by atoms with van der Waals surface area (Å²) >= 11 is 0. The lowest BCUT2D eigenvalue weighted by molar-refractivity contribution is 0.176. The lowest BCUT2D eigenvalue weighted by Crippen LogP contribution is -2.02. The Morgan fingerprint density at radius 1 is 1.41 bits per heavy atom. The molecule has 0 bridgehead atoms. The van der Waals surface area contributed by atoms with Crippen molar-refractivity contribution in [2.24, 2.45) is 0 Å². The third-order valence-electron chi connectivity index (χ3n) is 2.83. The van der Waals surface area contributed by atoms with Gasteiger partial charge in [-0.1, -0.05) is 13.0 Å². The number of rotatable bonds is 4. The van der Waals surface area contributed by atoms with E-state index >= 15 is 0 Å². The van der Waals surface area contributed by atoms with Crippen LogP contribution in [0.15, 0.2) is 35.1 Å². The summed E-state index contributed by atoms with van der Waals surface area (Å²) in [4.78, 5) is 4.33. The van der Waals surface area contributed by atoms with E-state index in [0.717, 1.165) is 23.4 Å². The quantitative estimate of drug-likeness (QED) is 0.880. The number of aromatic nitrogens is 1. The Kier molecular flexibility index (Phi) is 3.59. The van der Waals surface area contributed by atoms with Crippen LogP contribution in [-0.2, 0) is 12.8 Å². The van der Waals surface area contributed by atoms with Gasteiger partial charge in [0.05, 0.1) is 12.4 Å². The largest absolute Gasteiger partial charge is 0.469 e. The lowest BCUT2D eigenvalue weighted by Gasteiger charge is -2.07. The third kappa shape index (κ3) is 2.94. The van der Waals surface area contributed by atoms with Gasteiger partial charge in [0.1, 0.15) is 5.76 Å². The van der Waals surface area contributed by atoms with Gasteiger partial charge in [0, 0.05) is 23.9 Å². The molecule has 0 aliphatic rings. The maximum Gasteiger partial charge on any atom is 0.101 e. The Bertz CT molecular complexity index is 473. The second-order valence-electron chi connectivity index (χ2n) is 4.22. The molecule has 1 unspecified atom stereocenters. The van der Waals surface area contributed by atoms with Crippen LogP contribution in [0.2, 0.25) is 0 Å². The molecule has 90 valence electrons. The summed E-state index contributed by atoms with van der Waals surface area (Å²) in [6, 6.07) is 5.87. The number of pyridine rings is 1. The van der Waals surface area contributed by atoms with E-state index in [1.807, 2.05) is 25.3 Å². The average Bonchev–Trinajstić information content (AvgIpc) is 2.77. The SMILES string of the molecule is CCc1ccc(CC(O)c2coc(C)c2)nc1. The van der Waals surface area contributed by atoms with Crippen LogP contribution in [0.4, 0.5) is 0 Å². The molecular weight excluding hydrogens is 214 g/mol. The normalized spacial score (nSPS) is 12.6. The molecule has 2 aromatic rings. The first kappa shape index (κ1) is 11.9. The first-order valence-electron chi connectivity index (χ1n) is 5.86. The highest BCUT2D eigenvalue weighted by Gasteiger charge is 2.11. The molecule has 0 radical (unpaired) electrons. The van der Waals surface area contributed by atoms with Crippen molar-refractivity contribution in [3.8, 4) is 0 Å². The number of aryl methyl sites for hydroxylation is 2. The van der Waals surface area contributed by atoms with Gasteiger partial charge >= 0.3 is 0 Å². The Labute approximate surface area is 101 Å². The summed E-state index contributed by atoms with van der Waals surface area (Å²) in [5.41, 5.74) is 2.92. The van der Waals surface area contributed by atoms with Gasteiger partial charge in [0.2, 0.25) is 0 Å². The van der Waals surface area contributed by atoms with E-state index in [1.54, 1.807) is 6.26 Å². The molecule has 1 atom stereocenters. The molecule has 0 aliphatic heterocycles. The van der Waals surface area contributed by atoms with Crippen LogP contribution >= 0.6 is 0 Å². The Balaban J connectivity index is 2.04. The van der Waals surface area contributed by atoms with Crippen molar-refractivity contribution in [3.63, 3.8) is 0 Å². The van der Waals surface area contributed by atoms with Crippen LogP contribution in [0.1, 0.15) is 35.6 Å². The monoisotopic (exact) mass is 231 g/mol. The second-order valence-corrected chi connectivity index (χ2v) is 4.22. The summed E-state index contributed by atoms with van der Waals surface area (Å²) in [6.45, 7) is 3.96. The van der Waals surface area contributed by atoms with Crippen LogP contribution in [-0.4, -0.2) is 10.1 Å². The molecule has 0 aliphatic carbocycles. The number of hydrogen-bond donors (Lipinski definition) is 1. The molecule has 0 saturated carbocycles. The number of furan rings is 1. The van der Waals surface area contributed by atoms with Crippen molar-refractivity contribution in [1.29, 1.82) is 0 Å². The minimum atomic E-state index is -0.549. The number of hydrogen-bond acceptors (Lipinski definition) is 3. The minimum absolute atomic E-state index is 0.517. The summed E-state index contributed by atoms with van der Waals surface area (Å²) in [7, 11) is 0. The molecule has 1 N–H and O–H groups in total. The molecular formula is C14H17NO2. The average molecular weight is 231 g/mol. The Morgan fingerprint density at radius 2 is 2.24 bits per heavy atom. The first-order valence-corrected chi connectivity index (χ1v) is 5.86. The maximum absolute atomic E-state index is 10.0. The number of nitrogens with zero attached hydrogens (tertiary/aromatic N) is 1. The van der Waals surface area contributed by atoms with Crippen molar-refractivity contribution >= 4 is 0 Å². The second kappa shape index (κ2) is 5.15. The molecule has 2 aromatic heterocycles. The van der Waals surface area contributed by atoms with Crippen molar-refractivity contribution in [2.75, 3.05) is 0 Å². The number of aliphatic hydroxyl groups is 1. The van der Waals surface area contributed by atoms with Crippen LogP contribution in [0, 0.1) is 6.92 Å². The molecule has 17 heavy (non-hydrogen) atoms. The summed E-state index contributed by atoms with van der Waals surface area (Å²) < 4.78 is 5.18. The molecule has 3 heteroatoms. The standard InChI is InChI=1S/C14H17NO2/c1-3-11-4-5-13(15-8-11)7-14(16)12-6-10(2)17-9-12/h4-6,8-9,14,16H,3,7H2,1-2H3. The first-order chi connectivity index (χ1) is 8.19. The van der Waals surface area contributed by atoms with Crippen molar-refractivity contribution < 1.29 is 9.52 Å². The highest BCUT2D eigenvalue weighted by Crippen LogP contribution is 2.19. The van der Waals surface area contributed by atoms with Crippen LogP contribution in [0.3, 0.4) is 0 Å². The van der Waals surface area contributed by atoms with Crippen LogP contribution in [0.5, 0.6) is 0 Å². The molecule has 0 saturated heterocycles. The fraction of sp³-hybridized carbons (Fsp3) is 0.357. The fourth-order valence-electron chi connectivity index (χ4n) is 1.74. The molecule has 0 aromatic carbocycles. The highest BCUT2D eigenvalue weighted by atomic mass is 16.3. The molecule has 0 amide bonds. The van der Waals surface area contributed by atoms with Crippen molar-refractivity contribution in [1.82, 2.24) is 4.98 Å². The lowest BCUT2D eigenvalue weighted by atomic mass is 10.1. The third-order valence-corrected chi connectivity index (χ3v) is 2.83. The highest BCUT2D eigenvalue weighted by molar-refractivity contribution is 5.19. The topological polar surface area (TPSA) is 46.3 Å². The van der Waals surface area contributed by atoms with E-state index in [2.05, 4.69) is 18.0 Å². The summed E-state index contributed by atoms with van der Waals surface area (Å²) in [5.74, 6) is 0.813. The predicted molar refractivity (Wildman–Crippen MR) is 65.7 cm³/mol. The fourth-order valence-corrected chi connectivity index (χ4v) is 1.74. The summed E-state index contributed by atoms with van der Waals surface area (Å²) in [5, 5.41) is 10.0. The van der Waals surface area contributed by atoms with Crippen molar-refractivity contribution in [3.05, 3.63) is 53.2 Å². The van der Waals surface area contributed by atoms with Gasteiger partial charge in [-0.3, -0.25) is 4.98 Å². The summed E-state index contributed by atoms with van der Waals surface area (Å²) in [6.07, 6.45) is 4.41. The van der Waals surface area contributed by atoms with E-state index in [-0.39, 0.29) is 0 Å². The van der Waals surface area contributed by atoms with Gasteiger partial charge in [0.25, 0.3) is 0 Å². The predicted octanol–water partition coefficient (Wildman–Crippen LogP) is 2.82. The Hall–Kier alpha value is -1.61. The number of aliphatic hydroxyl groups excluding tert-OH is 1. The smallest absolute Gasteiger partial charge is 0.101 e. The zero-order valence-corrected chi connectivity index (χ0v) is 10.2. The van der Waals surface area contributed by atoms with Crippen molar-refractivity contribution in [2.45, 2.75) is 32.8 Å². The zero-order valence-electron chi connectivity index (χ0n) is 10.2. The van der Waals surface area contributed by atoms with Gasteiger partial charge in [-0.05, 0) is 31.0 Å². The van der Waals surface area contributed by atoms with E-state index in [1.165, 1.54) is 5.56 Å². The van der Waals surface area contributed by atoms with E-state index in [9.17, 15) is 5.11 Å². The Morgan fingerprint density at radius 3 is 2.76 bits per heavy atom. The minimum Gasteiger partial charge on any atom is -0.469 e. The van der Waals surface area contributed by atoms with Gasteiger partial charge in [-0.2, -0.15) is 0 Å². The van der Waals surface area contributed by atoms with Gasteiger partial charge < -0.3 is 9.52 Å². The molecule has 0 spiro atoms. The van der Waals surface area contributed by atoms with Crippen LogP contribution in [0.25, 0.3) is 0 Å². The molecule has 2 rings (SSSR count). The van der Waals surface area contributed by atoms with Gasteiger partial charge in [-0.25, -0.2) is 0 Å². The molecule has 3 nitrogen and oxygen atoms in total. The van der Waals surface area contributed by atoms with E-state index in [4.69, 9.17) is 4.42 Å². The van der Waals surface area contributed by atoms with E-state index in [0.29, 0.717) is 6.42 Å². The van der Waals surface area contributed by atoms with E-state index < -0.39 is 6.10 Å². The maximum atomic E-state index is 10.0. The van der Waals surface area contributed by atoms with Gasteiger partial charge in [0.15, 0.2) is 0 Å². The van der Waals surface area contributed by atoms with Crippen LogP contribution < -0.4 is 0 Å². The molecule has 0 fully saturated rings. The van der Waals surface area contributed by atoms with Gasteiger partial charge in [-0.15, -0.1) is 0 Å². The molecule has 2 heterocycles.